The minimum absolute atomic E-state index is 0.0867. The van der Waals surface area contributed by atoms with Crippen molar-refractivity contribution in [1.29, 1.82) is 0 Å². The third kappa shape index (κ3) is 4.88. The molecule has 5 heteroatoms. The summed E-state index contributed by atoms with van der Waals surface area (Å²) in [5.41, 5.74) is 3.83. The number of rotatable bonds is 7. The smallest absolute Gasteiger partial charge is 0.255 e. The third-order valence-electron chi connectivity index (χ3n) is 4.79. The Bertz CT molecular complexity index is 826. The number of anilines is 2. The van der Waals surface area contributed by atoms with Crippen LogP contribution in [0.1, 0.15) is 52.5 Å². The summed E-state index contributed by atoms with van der Waals surface area (Å²) in [6.45, 7) is 5.03. The molecule has 1 saturated carbocycles. The van der Waals surface area contributed by atoms with Crippen molar-refractivity contribution in [3.05, 3.63) is 59.2 Å². The molecule has 2 aromatic rings. The van der Waals surface area contributed by atoms with Gasteiger partial charge in [-0.15, -0.1) is 0 Å². The highest BCUT2D eigenvalue weighted by Crippen LogP contribution is 2.22. The van der Waals surface area contributed by atoms with Crippen molar-refractivity contribution in [3.63, 3.8) is 0 Å². The second kappa shape index (κ2) is 8.25. The summed E-state index contributed by atoms with van der Waals surface area (Å²) in [7, 11) is 2.04. The Kier molecular flexibility index (Phi) is 5.79. The van der Waals surface area contributed by atoms with Gasteiger partial charge < -0.3 is 15.5 Å². The standard InChI is InChI=1S/C22H27N3O2/c1-4-13-25(3)19-11-7-16(8-12-19)21(26)24-20-14-17(6-5-15(20)2)22(27)23-18-9-10-18/h5-8,11-12,14,18H,4,9-10,13H2,1-3H3,(H,23,27)(H,24,26). The van der Waals surface area contributed by atoms with Crippen molar-refractivity contribution in [3.8, 4) is 0 Å². The number of carbonyl (C=O) groups is 2. The van der Waals surface area contributed by atoms with Crippen LogP contribution < -0.4 is 15.5 Å². The van der Waals surface area contributed by atoms with E-state index in [-0.39, 0.29) is 11.8 Å². The first-order valence-electron chi connectivity index (χ1n) is 9.52. The van der Waals surface area contributed by atoms with E-state index in [0.717, 1.165) is 37.1 Å². The number of hydrogen-bond donors (Lipinski definition) is 2. The highest BCUT2D eigenvalue weighted by molar-refractivity contribution is 6.05. The molecule has 3 rings (SSSR count). The molecule has 5 nitrogen and oxygen atoms in total. The maximum atomic E-state index is 12.6. The molecule has 2 amide bonds. The van der Waals surface area contributed by atoms with E-state index in [1.165, 1.54) is 0 Å². The van der Waals surface area contributed by atoms with Crippen molar-refractivity contribution < 1.29 is 9.59 Å². The van der Waals surface area contributed by atoms with Gasteiger partial charge >= 0.3 is 0 Å². The molecule has 2 aromatic carbocycles. The topological polar surface area (TPSA) is 61.4 Å². The third-order valence-corrected chi connectivity index (χ3v) is 4.79. The molecule has 0 saturated heterocycles. The van der Waals surface area contributed by atoms with Gasteiger partial charge in [0.1, 0.15) is 0 Å². The molecule has 0 spiro atoms. The van der Waals surface area contributed by atoms with Crippen molar-refractivity contribution in [1.82, 2.24) is 5.32 Å². The monoisotopic (exact) mass is 365 g/mol. The van der Waals surface area contributed by atoms with Crippen molar-refractivity contribution in [2.45, 2.75) is 39.2 Å². The van der Waals surface area contributed by atoms with Crippen molar-refractivity contribution >= 4 is 23.2 Å². The fourth-order valence-corrected chi connectivity index (χ4v) is 2.92. The van der Waals surface area contributed by atoms with Crippen LogP contribution in [0.15, 0.2) is 42.5 Å². The average Bonchev–Trinajstić information content (AvgIpc) is 3.47. The van der Waals surface area contributed by atoms with E-state index in [1.54, 1.807) is 12.1 Å². The van der Waals surface area contributed by atoms with Crippen LogP contribution in [0, 0.1) is 6.92 Å². The van der Waals surface area contributed by atoms with Gasteiger partial charge in [-0.3, -0.25) is 9.59 Å². The Labute approximate surface area is 160 Å². The average molecular weight is 365 g/mol. The summed E-state index contributed by atoms with van der Waals surface area (Å²) in [6, 6.07) is 13.3. The summed E-state index contributed by atoms with van der Waals surface area (Å²) in [5.74, 6) is -0.265. The van der Waals surface area contributed by atoms with E-state index < -0.39 is 0 Å². The Balaban J connectivity index is 1.70. The molecular weight excluding hydrogens is 338 g/mol. The minimum Gasteiger partial charge on any atom is -0.375 e. The second-order valence-electron chi connectivity index (χ2n) is 7.20. The molecule has 0 atom stereocenters. The predicted octanol–water partition coefficient (Wildman–Crippen LogP) is 3.99. The molecule has 0 heterocycles. The lowest BCUT2D eigenvalue weighted by Gasteiger charge is -2.18. The van der Waals surface area contributed by atoms with Gasteiger partial charge in [-0.2, -0.15) is 0 Å². The van der Waals surface area contributed by atoms with Gasteiger partial charge in [0.05, 0.1) is 0 Å². The SMILES string of the molecule is CCCN(C)c1ccc(C(=O)Nc2cc(C(=O)NC3CC3)ccc2C)cc1. The van der Waals surface area contributed by atoms with Gasteiger partial charge in [0.2, 0.25) is 0 Å². The summed E-state index contributed by atoms with van der Waals surface area (Å²) in [6.07, 6.45) is 3.16. The highest BCUT2D eigenvalue weighted by atomic mass is 16.2. The molecule has 1 aliphatic carbocycles. The minimum atomic E-state index is -0.178. The number of nitrogens with one attached hydrogen (secondary N) is 2. The second-order valence-corrected chi connectivity index (χ2v) is 7.20. The quantitative estimate of drug-likeness (QED) is 0.780. The van der Waals surface area contributed by atoms with Crippen LogP contribution in [-0.4, -0.2) is 31.4 Å². The maximum absolute atomic E-state index is 12.6. The van der Waals surface area contributed by atoms with Gasteiger partial charge in [-0.1, -0.05) is 13.0 Å². The van der Waals surface area contributed by atoms with Crippen LogP contribution in [0.2, 0.25) is 0 Å². The molecule has 1 aliphatic rings. The zero-order chi connectivity index (χ0) is 19.4. The highest BCUT2D eigenvalue weighted by Gasteiger charge is 2.24. The first kappa shape index (κ1) is 19.0. The molecule has 0 aliphatic heterocycles. The fourth-order valence-electron chi connectivity index (χ4n) is 2.92. The molecular formula is C22H27N3O2. The van der Waals surface area contributed by atoms with Crippen LogP contribution >= 0.6 is 0 Å². The summed E-state index contributed by atoms with van der Waals surface area (Å²) in [4.78, 5) is 27.0. The summed E-state index contributed by atoms with van der Waals surface area (Å²) >= 11 is 0. The van der Waals surface area contributed by atoms with Gasteiger partial charge in [-0.05, 0) is 68.1 Å². The molecule has 0 aromatic heterocycles. The van der Waals surface area contributed by atoms with Crippen LogP contribution in [-0.2, 0) is 0 Å². The van der Waals surface area contributed by atoms with E-state index in [4.69, 9.17) is 0 Å². The number of amides is 2. The van der Waals surface area contributed by atoms with Crippen LogP contribution in [0.5, 0.6) is 0 Å². The lowest BCUT2D eigenvalue weighted by atomic mass is 10.1. The van der Waals surface area contributed by atoms with E-state index in [0.29, 0.717) is 22.9 Å². The van der Waals surface area contributed by atoms with Gasteiger partial charge in [0, 0.05) is 42.1 Å². The zero-order valence-corrected chi connectivity index (χ0v) is 16.2. The lowest BCUT2D eigenvalue weighted by Crippen LogP contribution is -2.25. The normalized spacial score (nSPS) is 13.1. The zero-order valence-electron chi connectivity index (χ0n) is 16.2. The largest absolute Gasteiger partial charge is 0.375 e. The number of nitrogens with zero attached hydrogens (tertiary/aromatic N) is 1. The molecule has 0 unspecified atom stereocenters. The van der Waals surface area contributed by atoms with Crippen LogP contribution in [0.25, 0.3) is 0 Å². The van der Waals surface area contributed by atoms with E-state index in [2.05, 4.69) is 22.5 Å². The molecule has 1 fully saturated rings. The first-order chi connectivity index (χ1) is 13.0. The van der Waals surface area contributed by atoms with Crippen molar-refractivity contribution in [2.24, 2.45) is 0 Å². The number of benzene rings is 2. The van der Waals surface area contributed by atoms with Crippen molar-refractivity contribution in [2.75, 3.05) is 23.8 Å². The number of hydrogen-bond acceptors (Lipinski definition) is 3. The number of aryl methyl sites for hydroxylation is 1. The first-order valence-corrected chi connectivity index (χ1v) is 9.52. The van der Waals surface area contributed by atoms with Gasteiger partial charge in [-0.25, -0.2) is 0 Å². The van der Waals surface area contributed by atoms with E-state index in [9.17, 15) is 9.59 Å². The Hall–Kier alpha value is -2.82. The molecule has 142 valence electrons. The van der Waals surface area contributed by atoms with Gasteiger partial charge in [0.15, 0.2) is 0 Å². The molecule has 0 bridgehead atoms. The lowest BCUT2D eigenvalue weighted by molar-refractivity contribution is 0.0949. The van der Waals surface area contributed by atoms with Gasteiger partial charge in [0.25, 0.3) is 11.8 Å². The molecule has 2 N–H and O–H groups in total. The summed E-state index contributed by atoms with van der Waals surface area (Å²) < 4.78 is 0. The Morgan fingerprint density at radius 2 is 1.70 bits per heavy atom. The Morgan fingerprint density at radius 1 is 1.04 bits per heavy atom. The Morgan fingerprint density at radius 3 is 2.33 bits per heavy atom. The summed E-state index contributed by atoms with van der Waals surface area (Å²) in [5, 5.41) is 5.90. The van der Waals surface area contributed by atoms with Crippen LogP contribution in [0.4, 0.5) is 11.4 Å². The predicted molar refractivity (Wildman–Crippen MR) is 110 cm³/mol. The number of carbonyl (C=O) groups excluding carboxylic acids is 2. The van der Waals surface area contributed by atoms with E-state index >= 15 is 0 Å². The fraction of sp³-hybridized carbons (Fsp3) is 0.364. The molecule has 27 heavy (non-hydrogen) atoms. The van der Waals surface area contributed by atoms with Crippen LogP contribution in [0.3, 0.4) is 0 Å². The maximum Gasteiger partial charge on any atom is 0.255 e. The van der Waals surface area contributed by atoms with E-state index in [1.807, 2.05) is 44.3 Å². The molecule has 0 radical (unpaired) electrons.